The summed E-state index contributed by atoms with van der Waals surface area (Å²) in [6.45, 7) is 5.05. The fraction of sp³-hybridized carbons (Fsp3) is 0.400. The maximum Gasteiger partial charge on any atom is 0.258 e. The van der Waals surface area contributed by atoms with Crippen molar-refractivity contribution in [3.63, 3.8) is 0 Å². The number of amides is 1. The van der Waals surface area contributed by atoms with Gasteiger partial charge in [0.2, 0.25) is 5.91 Å². The number of benzene rings is 2. The molecule has 1 atom stereocenters. The summed E-state index contributed by atoms with van der Waals surface area (Å²) in [5.41, 5.74) is 1.40. The van der Waals surface area contributed by atoms with Gasteiger partial charge in [0.25, 0.3) is 5.56 Å². The van der Waals surface area contributed by atoms with E-state index in [-0.39, 0.29) is 24.1 Å². The van der Waals surface area contributed by atoms with E-state index in [4.69, 9.17) is 21.1 Å². The molecule has 5 rings (SSSR count). The minimum atomic E-state index is -0.211. The zero-order chi connectivity index (χ0) is 23.7. The van der Waals surface area contributed by atoms with E-state index < -0.39 is 0 Å². The van der Waals surface area contributed by atoms with Gasteiger partial charge in [-0.15, -0.1) is 0 Å². The summed E-state index contributed by atoms with van der Waals surface area (Å²) in [6.07, 6.45) is 1.87. The maximum atomic E-state index is 13.3. The van der Waals surface area contributed by atoms with Crippen molar-refractivity contribution in [2.75, 3.05) is 32.8 Å². The van der Waals surface area contributed by atoms with Crippen molar-refractivity contribution >= 4 is 28.4 Å². The average molecular weight is 483 g/mol. The molecule has 1 amide bonds. The van der Waals surface area contributed by atoms with E-state index in [1.807, 2.05) is 34.9 Å². The van der Waals surface area contributed by atoms with Crippen molar-refractivity contribution in [2.24, 2.45) is 0 Å². The van der Waals surface area contributed by atoms with Crippen LogP contribution >= 0.6 is 11.6 Å². The predicted molar refractivity (Wildman–Crippen MR) is 129 cm³/mol. The molecular formula is C25H27ClN4O4. The Morgan fingerprint density at radius 2 is 2.03 bits per heavy atom. The average Bonchev–Trinajstić information content (AvgIpc) is 3.33. The second kappa shape index (κ2) is 9.64. The van der Waals surface area contributed by atoms with E-state index in [0.717, 1.165) is 36.4 Å². The Morgan fingerprint density at radius 1 is 1.21 bits per heavy atom. The highest BCUT2D eigenvalue weighted by Gasteiger charge is 2.31. The summed E-state index contributed by atoms with van der Waals surface area (Å²) in [4.78, 5) is 37.1. The zero-order valence-corrected chi connectivity index (χ0v) is 19.8. The fourth-order valence-corrected chi connectivity index (χ4v) is 4.85. The van der Waals surface area contributed by atoms with E-state index in [1.165, 1.54) is 0 Å². The molecule has 178 valence electrons. The van der Waals surface area contributed by atoms with Crippen LogP contribution in [0.2, 0.25) is 5.02 Å². The topological polar surface area (TPSA) is 87.8 Å². The molecule has 2 aliphatic rings. The van der Waals surface area contributed by atoms with Crippen LogP contribution in [0.15, 0.2) is 41.2 Å². The number of hydrogen-bond acceptors (Lipinski definition) is 6. The van der Waals surface area contributed by atoms with Crippen LogP contribution in [-0.4, -0.2) is 58.5 Å². The Balaban J connectivity index is 1.30. The molecule has 1 saturated heterocycles. The van der Waals surface area contributed by atoms with E-state index in [0.29, 0.717) is 48.1 Å². The van der Waals surface area contributed by atoms with Crippen LogP contribution in [0.5, 0.6) is 11.5 Å². The van der Waals surface area contributed by atoms with E-state index in [1.54, 1.807) is 18.2 Å². The lowest BCUT2D eigenvalue weighted by molar-refractivity contribution is -0.133. The van der Waals surface area contributed by atoms with Crippen LogP contribution in [0.4, 0.5) is 0 Å². The number of carbonyl (C=O) groups excluding carboxylic acids is 1. The Bertz CT molecular complexity index is 1280. The molecule has 3 aromatic rings. The molecular weight excluding hydrogens is 456 g/mol. The van der Waals surface area contributed by atoms with Gasteiger partial charge in [-0.05, 0) is 55.3 Å². The Morgan fingerprint density at radius 3 is 2.85 bits per heavy atom. The second-order valence-electron chi connectivity index (χ2n) is 8.63. The molecule has 0 spiro atoms. The molecule has 3 heterocycles. The molecule has 1 N–H and O–H groups in total. The standard InChI is InChI=1S/C25H27ClN4O4/c1-2-29(14-23-27-19-13-17(26)6-7-18(19)25(32)28-23)15-24(31)30-9-3-4-20(30)16-5-8-21-22(12-16)34-11-10-33-21/h5-8,12-13,20H,2-4,9-11,14-15H2,1H3,(H,27,28,32)/t20-/m1/s1. The number of fused-ring (bicyclic) bond motifs is 2. The number of aromatic amines is 1. The van der Waals surface area contributed by atoms with Crippen molar-refractivity contribution in [3.05, 3.63) is 63.2 Å². The number of nitrogens with one attached hydrogen (secondary N) is 1. The van der Waals surface area contributed by atoms with Crippen LogP contribution in [0.25, 0.3) is 10.9 Å². The first-order valence-corrected chi connectivity index (χ1v) is 12.0. The number of H-pyrrole nitrogens is 1. The number of halogens is 1. The molecule has 8 nitrogen and oxygen atoms in total. The van der Waals surface area contributed by atoms with Gasteiger partial charge in [0, 0.05) is 11.6 Å². The summed E-state index contributed by atoms with van der Waals surface area (Å²) in [7, 11) is 0. The highest BCUT2D eigenvalue weighted by molar-refractivity contribution is 6.31. The lowest BCUT2D eigenvalue weighted by Crippen LogP contribution is -2.40. The van der Waals surface area contributed by atoms with Gasteiger partial charge in [-0.2, -0.15) is 0 Å². The first-order valence-electron chi connectivity index (χ1n) is 11.6. The summed E-state index contributed by atoms with van der Waals surface area (Å²) in [6, 6.07) is 11.0. The summed E-state index contributed by atoms with van der Waals surface area (Å²) in [5.74, 6) is 2.07. The van der Waals surface area contributed by atoms with Gasteiger partial charge >= 0.3 is 0 Å². The first-order chi connectivity index (χ1) is 16.5. The van der Waals surface area contributed by atoms with Crippen LogP contribution in [-0.2, 0) is 11.3 Å². The minimum absolute atomic E-state index is 0.0165. The van der Waals surface area contributed by atoms with E-state index >= 15 is 0 Å². The van der Waals surface area contributed by atoms with Crippen LogP contribution in [0, 0.1) is 0 Å². The minimum Gasteiger partial charge on any atom is -0.486 e. The van der Waals surface area contributed by atoms with Gasteiger partial charge in [0.05, 0.1) is 30.0 Å². The molecule has 0 radical (unpaired) electrons. The smallest absolute Gasteiger partial charge is 0.258 e. The van der Waals surface area contributed by atoms with Crippen molar-refractivity contribution in [2.45, 2.75) is 32.4 Å². The lowest BCUT2D eigenvalue weighted by atomic mass is 10.0. The summed E-state index contributed by atoms with van der Waals surface area (Å²) < 4.78 is 11.4. The van der Waals surface area contributed by atoms with Gasteiger partial charge in [-0.25, -0.2) is 4.98 Å². The third-order valence-corrected chi connectivity index (χ3v) is 6.66. The quantitative estimate of drug-likeness (QED) is 0.578. The van der Waals surface area contributed by atoms with Gasteiger partial charge in [-0.1, -0.05) is 24.6 Å². The molecule has 1 aromatic heterocycles. The molecule has 0 saturated carbocycles. The first kappa shape index (κ1) is 22.7. The number of hydrogen-bond donors (Lipinski definition) is 1. The Hall–Kier alpha value is -3.10. The van der Waals surface area contributed by atoms with Crippen molar-refractivity contribution in [3.8, 4) is 11.5 Å². The SMILES string of the molecule is CCN(CC(=O)N1CCC[C@@H]1c1ccc2c(c1)OCCO2)Cc1nc2cc(Cl)ccc2c(=O)[nH]1. The van der Waals surface area contributed by atoms with Gasteiger partial charge in [0.1, 0.15) is 19.0 Å². The van der Waals surface area contributed by atoms with Gasteiger partial charge < -0.3 is 19.4 Å². The van der Waals surface area contributed by atoms with Crippen LogP contribution in [0.3, 0.4) is 0 Å². The fourth-order valence-electron chi connectivity index (χ4n) is 4.69. The zero-order valence-electron chi connectivity index (χ0n) is 19.1. The maximum absolute atomic E-state index is 13.3. The second-order valence-corrected chi connectivity index (χ2v) is 9.06. The molecule has 34 heavy (non-hydrogen) atoms. The summed E-state index contributed by atoms with van der Waals surface area (Å²) in [5, 5.41) is 1.02. The third-order valence-electron chi connectivity index (χ3n) is 6.42. The number of likely N-dealkylation sites (N-methyl/N-ethyl adjacent to an activating group) is 1. The molecule has 9 heteroatoms. The molecule has 0 bridgehead atoms. The van der Waals surface area contributed by atoms with Crippen molar-refractivity contribution in [1.82, 2.24) is 19.8 Å². The molecule has 0 unspecified atom stereocenters. The van der Waals surface area contributed by atoms with Crippen LogP contribution < -0.4 is 15.0 Å². The van der Waals surface area contributed by atoms with Gasteiger partial charge in [-0.3, -0.25) is 14.5 Å². The lowest BCUT2D eigenvalue weighted by Gasteiger charge is -2.29. The van der Waals surface area contributed by atoms with Gasteiger partial charge in [0.15, 0.2) is 11.5 Å². The molecule has 0 aliphatic carbocycles. The number of carbonyl (C=O) groups is 1. The van der Waals surface area contributed by atoms with E-state index in [9.17, 15) is 9.59 Å². The Labute approximate surface area is 202 Å². The van der Waals surface area contributed by atoms with Crippen molar-refractivity contribution < 1.29 is 14.3 Å². The normalized spacial score (nSPS) is 17.5. The number of nitrogens with zero attached hydrogens (tertiary/aromatic N) is 3. The number of likely N-dealkylation sites (tertiary alicyclic amines) is 1. The van der Waals surface area contributed by atoms with E-state index in [2.05, 4.69) is 9.97 Å². The predicted octanol–water partition coefficient (Wildman–Crippen LogP) is 3.53. The number of rotatable bonds is 6. The molecule has 2 aliphatic heterocycles. The molecule has 2 aromatic carbocycles. The van der Waals surface area contributed by atoms with Crippen LogP contribution in [0.1, 0.15) is 37.2 Å². The monoisotopic (exact) mass is 482 g/mol. The third kappa shape index (κ3) is 4.60. The number of aromatic nitrogens is 2. The largest absolute Gasteiger partial charge is 0.486 e. The van der Waals surface area contributed by atoms with Crippen molar-refractivity contribution in [1.29, 1.82) is 0 Å². The number of ether oxygens (including phenoxy) is 2. The molecule has 1 fully saturated rings. The highest BCUT2D eigenvalue weighted by atomic mass is 35.5. The summed E-state index contributed by atoms with van der Waals surface area (Å²) >= 11 is 6.07. The highest BCUT2D eigenvalue weighted by Crippen LogP contribution is 2.38. The Kier molecular flexibility index (Phi) is 6.43.